The van der Waals surface area contributed by atoms with E-state index in [1.807, 2.05) is 6.92 Å². The fourth-order valence-electron chi connectivity index (χ4n) is 0.847. The summed E-state index contributed by atoms with van der Waals surface area (Å²) in [5, 5.41) is 8.82. The Hall–Kier alpha value is -0.570. The van der Waals surface area contributed by atoms with Gasteiger partial charge in [-0.3, -0.25) is 0 Å². The van der Waals surface area contributed by atoms with E-state index in [-0.39, 0.29) is 6.10 Å². The number of ether oxygens (including phenoxy) is 1. The van der Waals surface area contributed by atoms with Gasteiger partial charge in [0.25, 0.3) is 0 Å². The molecule has 3 nitrogen and oxygen atoms in total. The van der Waals surface area contributed by atoms with Gasteiger partial charge in [0.1, 0.15) is 6.10 Å². The second-order valence-corrected chi connectivity index (χ2v) is 3.07. The molecule has 1 N–H and O–H groups in total. The molecule has 0 fully saturated rings. The molecule has 3 heteroatoms. The summed E-state index contributed by atoms with van der Waals surface area (Å²) in [5.41, 5.74) is 0. The zero-order chi connectivity index (χ0) is 9.56. The molecule has 0 amide bonds. The molecule has 0 rings (SSSR count). The quantitative estimate of drug-likeness (QED) is 0.642. The topological polar surface area (TPSA) is 46.5 Å². The third-order valence-electron chi connectivity index (χ3n) is 1.62. The van der Waals surface area contributed by atoms with Crippen molar-refractivity contribution in [2.75, 3.05) is 0 Å². The second kappa shape index (κ2) is 6.00. The van der Waals surface area contributed by atoms with Crippen LogP contribution in [0.4, 0.5) is 0 Å². The van der Waals surface area contributed by atoms with Gasteiger partial charge in [0.2, 0.25) is 0 Å². The highest BCUT2D eigenvalue weighted by molar-refractivity contribution is 5.73. The summed E-state index contributed by atoms with van der Waals surface area (Å²) in [6.07, 6.45) is 1.93. The predicted octanol–water partition coefficient (Wildman–Crippen LogP) is 1.49. The molecular formula is C9H18O3. The molecule has 0 aromatic rings. The minimum Gasteiger partial charge on any atom is -0.461 e. The largest absolute Gasteiger partial charge is 0.461 e. The van der Waals surface area contributed by atoms with Gasteiger partial charge in [0.15, 0.2) is 0 Å². The Morgan fingerprint density at radius 3 is 2.50 bits per heavy atom. The first-order valence-electron chi connectivity index (χ1n) is 4.46. The molecule has 0 aliphatic carbocycles. The van der Waals surface area contributed by atoms with Crippen molar-refractivity contribution in [2.45, 2.75) is 52.2 Å². The van der Waals surface area contributed by atoms with Crippen molar-refractivity contribution in [2.24, 2.45) is 0 Å². The van der Waals surface area contributed by atoms with Crippen LogP contribution in [-0.2, 0) is 9.53 Å². The highest BCUT2D eigenvalue weighted by Crippen LogP contribution is 2.04. The van der Waals surface area contributed by atoms with Crippen LogP contribution in [0.3, 0.4) is 0 Å². The van der Waals surface area contributed by atoms with Gasteiger partial charge in [-0.25, -0.2) is 4.79 Å². The number of hydrogen-bond acceptors (Lipinski definition) is 3. The van der Waals surface area contributed by atoms with Gasteiger partial charge >= 0.3 is 5.97 Å². The number of unbranched alkanes of at least 4 members (excludes halogenated alkanes) is 1. The highest BCUT2D eigenvalue weighted by atomic mass is 16.6. The normalized spacial score (nSPS) is 15.3. The fraction of sp³-hybridized carbons (Fsp3) is 0.889. The van der Waals surface area contributed by atoms with E-state index < -0.39 is 12.1 Å². The minimum atomic E-state index is -1.01. The minimum absolute atomic E-state index is 0.0768. The maximum absolute atomic E-state index is 10.8. The van der Waals surface area contributed by atoms with Crippen molar-refractivity contribution in [3.05, 3.63) is 0 Å². The lowest BCUT2D eigenvalue weighted by Gasteiger charge is -2.13. The summed E-state index contributed by atoms with van der Waals surface area (Å²) >= 11 is 0. The van der Waals surface area contributed by atoms with E-state index in [2.05, 4.69) is 6.92 Å². The van der Waals surface area contributed by atoms with Crippen molar-refractivity contribution in [1.29, 1.82) is 0 Å². The van der Waals surface area contributed by atoms with Gasteiger partial charge in [-0.05, 0) is 20.3 Å². The Balaban J connectivity index is 3.54. The molecule has 0 saturated carbocycles. The van der Waals surface area contributed by atoms with Gasteiger partial charge in [-0.15, -0.1) is 0 Å². The summed E-state index contributed by atoms with van der Waals surface area (Å²) in [5.74, 6) is -0.529. The van der Waals surface area contributed by atoms with Crippen LogP contribution < -0.4 is 0 Å². The van der Waals surface area contributed by atoms with Gasteiger partial charge in [-0.1, -0.05) is 19.8 Å². The summed E-state index contributed by atoms with van der Waals surface area (Å²) in [4.78, 5) is 10.8. The summed E-state index contributed by atoms with van der Waals surface area (Å²) < 4.78 is 4.92. The molecule has 0 bridgehead atoms. The molecule has 0 radical (unpaired) electrons. The summed E-state index contributed by atoms with van der Waals surface area (Å²) in [6.45, 7) is 5.34. The maximum atomic E-state index is 10.8. The van der Waals surface area contributed by atoms with Crippen molar-refractivity contribution < 1.29 is 14.6 Å². The van der Waals surface area contributed by atoms with E-state index in [4.69, 9.17) is 9.84 Å². The molecule has 72 valence electrons. The summed E-state index contributed by atoms with van der Waals surface area (Å²) in [7, 11) is 0. The Labute approximate surface area is 73.7 Å². The zero-order valence-corrected chi connectivity index (χ0v) is 8.04. The van der Waals surface area contributed by atoms with Crippen molar-refractivity contribution in [3.63, 3.8) is 0 Å². The van der Waals surface area contributed by atoms with Crippen LogP contribution in [0.15, 0.2) is 0 Å². The molecule has 0 aliphatic heterocycles. The molecule has 1 unspecified atom stereocenters. The van der Waals surface area contributed by atoms with E-state index in [9.17, 15) is 4.79 Å². The SMILES string of the molecule is CCCC[C@@H](C)OC(=O)C(C)O. The number of carbonyl (C=O) groups is 1. The van der Waals surface area contributed by atoms with E-state index in [1.54, 1.807) is 0 Å². The van der Waals surface area contributed by atoms with Gasteiger partial charge in [-0.2, -0.15) is 0 Å². The Morgan fingerprint density at radius 1 is 1.50 bits per heavy atom. The molecule has 0 aromatic heterocycles. The fourth-order valence-corrected chi connectivity index (χ4v) is 0.847. The average molecular weight is 174 g/mol. The number of carbonyl (C=O) groups excluding carboxylic acids is 1. The standard InChI is InChI=1S/C9H18O3/c1-4-5-6-7(2)12-9(11)8(3)10/h7-8,10H,4-6H2,1-3H3/t7-,8?/m1/s1. The number of aliphatic hydroxyl groups excluding tert-OH is 1. The van der Waals surface area contributed by atoms with E-state index in [0.717, 1.165) is 19.3 Å². The van der Waals surface area contributed by atoms with Gasteiger partial charge in [0, 0.05) is 0 Å². The smallest absolute Gasteiger partial charge is 0.334 e. The molecule has 0 aliphatic rings. The Bertz CT molecular complexity index is 132. The molecule has 0 aromatic carbocycles. The average Bonchev–Trinajstić information content (AvgIpc) is 2.00. The number of hydrogen-bond donors (Lipinski definition) is 1. The first-order chi connectivity index (χ1) is 5.57. The van der Waals surface area contributed by atoms with E-state index in [1.165, 1.54) is 6.92 Å². The molecule has 0 saturated heterocycles. The predicted molar refractivity (Wildman–Crippen MR) is 46.8 cm³/mol. The van der Waals surface area contributed by atoms with Crippen LogP contribution in [0.25, 0.3) is 0 Å². The van der Waals surface area contributed by atoms with Crippen LogP contribution >= 0.6 is 0 Å². The van der Waals surface area contributed by atoms with Crippen LogP contribution in [0.1, 0.15) is 40.0 Å². The maximum Gasteiger partial charge on any atom is 0.334 e. The van der Waals surface area contributed by atoms with Crippen LogP contribution in [0.5, 0.6) is 0 Å². The van der Waals surface area contributed by atoms with E-state index >= 15 is 0 Å². The molecular weight excluding hydrogens is 156 g/mol. The zero-order valence-electron chi connectivity index (χ0n) is 8.04. The third kappa shape index (κ3) is 5.13. The van der Waals surface area contributed by atoms with Crippen molar-refractivity contribution >= 4 is 5.97 Å². The third-order valence-corrected chi connectivity index (χ3v) is 1.62. The van der Waals surface area contributed by atoms with Gasteiger partial charge < -0.3 is 9.84 Å². The van der Waals surface area contributed by atoms with Crippen molar-refractivity contribution in [3.8, 4) is 0 Å². The Kier molecular flexibility index (Phi) is 5.72. The molecule has 0 heterocycles. The lowest BCUT2D eigenvalue weighted by molar-refractivity contribution is -0.157. The van der Waals surface area contributed by atoms with E-state index in [0.29, 0.717) is 0 Å². The van der Waals surface area contributed by atoms with Crippen LogP contribution in [0, 0.1) is 0 Å². The van der Waals surface area contributed by atoms with Crippen LogP contribution in [-0.4, -0.2) is 23.3 Å². The lowest BCUT2D eigenvalue weighted by atomic mass is 10.2. The Morgan fingerprint density at radius 2 is 2.08 bits per heavy atom. The highest BCUT2D eigenvalue weighted by Gasteiger charge is 2.13. The second-order valence-electron chi connectivity index (χ2n) is 3.07. The first kappa shape index (κ1) is 11.4. The van der Waals surface area contributed by atoms with Crippen LogP contribution in [0.2, 0.25) is 0 Å². The first-order valence-corrected chi connectivity index (χ1v) is 4.46. The molecule has 12 heavy (non-hydrogen) atoms. The summed E-state index contributed by atoms with van der Waals surface area (Å²) in [6, 6.07) is 0. The molecule has 2 atom stereocenters. The van der Waals surface area contributed by atoms with Crippen molar-refractivity contribution in [1.82, 2.24) is 0 Å². The monoisotopic (exact) mass is 174 g/mol. The molecule has 0 spiro atoms. The van der Waals surface area contributed by atoms with Gasteiger partial charge in [0.05, 0.1) is 6.10 Å². The number of aliphatic hydroxyl groups is 1. The number of rotatable bonds is 5. The lowest BCUT2D eigenvalue weighted by Crippen LogP contribution is -2.24. The number of esters is 1.